The van der Waals surface area contributed by atoms with Crippen molar-refractivity contribution in [1.29, 1.82) is 0 Å². The van der Waals surface area contributed by atoms with E-state index in [4.69, 9.17) is 9.47 Å². The van der Waals surface area contributed by atoms with Crippen molar-refractivity contribution >= 4 is 22.8 Å². The van der Waals surface area contributed by atoms with Crippen LogP contribution in [0.15, 0.2) is 36.4 Å². The molecule has 0 atom stereocenters. The molecule has 3 aromatic rings. The fourth-order valence-corrected chi connectivity index (χ4v) is 2.59. The molecular formula is C14H12N2O2S. The van der Waals surface area contributed by atoms with Gasteiger partial charge >= 0.3 is 0 Å². The summed E-state index contributed by atoms with van der Waals surface area (Å²) in [5.41, 5.74) is 3.73. The minimum Gasteiger partial charge on any atom is -0.496 e. The Balaban J connectivity index is 2.24. The summed E-state index contributed by atoms with van der Waals surface area (Å²) in [6.45, 7) is 0. The molecule has 3 rings (SSSR count). The first-order valence-corrected chi connectivity index (χ1v) is 6.50. The van der Waals surface area contributed by atoms with Gasteiger partial charge in [-0.2, -0.15) is 8.75 Å². The van der Waals surface area contributed by atoms with Crippen LogP contribution in [0.5, 0.6) is 11.5 Å². The average Bonchev–Trinajstić information content (AvgIpc) is 2.93. The Kier molecular flexibility index (Phi) is 3.05. The maximum Gasteiger partial charge on any atom is 0.130 e. The minimum atomic E-state index is 0.780. The monoisotopic (exact) mass is 272 g/mol. The van der Waals surface area contributed by atoms with E-state index < -0.39 is 0 Å². The molecule has 0 saturated carbocycles. The molecule has 0 saturated heterocycles. The molecule has 0 bridgehead atoms. The lowest BCUT2D eigenvalue weighted by Crippen LogP contribution is -1.92. The van der Waals surface area contributed by atoms with Crippen molar-refractivity contribution in [2.75, 3.05) is 14.2 Å². The van der Waals surface area contributed by atoms with Crippen LogP contribution in [-0.2, 0) is 0 Å². The highest BCUT2D eigenvalue weighted by Crippen LogP contribution is 2.38. The van der Waals surface area contributed by atoms with Gasteiger partial charge in [-0.25, -0.2) is 0 Å². The lowest BCUT2D eigenvalue weighted by molar-refractivity contribution is 0.397. The van der Waals surface area contributed by atoms with E-state index in [2.05, 4.69) is 8.75 Å². The van der Waals surface area contributed by atoms with Gasteiger partial charge in [-0.15, -0.1) is 0 Å². The Hall–Kier alpha value is -2.14. The third kappa shape index (κ3) is 2.02. The predicted octanol–water partition coefficient (Wildman–Crippen LogP) is 3.38. The normalized spacial score (nSPS) is 10.6. The number of nitrogens with zero attached hydrogens (tertiary/aromatic N) is 2. The van der Waals surface area contributed by atoms with Crippen molar-refractivity contribution < 1.29 is 9.47 Å². The molecule has 4 nitrogen and oxygen atoms in total. The quantitative estimate of drug-likeness (QED) is 0.733. The summed E-state index contributed by atoms with van der Waals surface area (Å²) >= 11 is 1.21. The van der Waals surface area contributed by atoms with Crippen LogP contribution in [0.4, 0.5) is 0 Å². The van der Waals surface area contributed by atoms with Gasteiger partial charge < -0.3 is 9.47 Å². The number of benzene rings is 2. The van der Waals surface area contributed by atoms with Crippen molar-refractivity contribution in [3.63, 3.8) is 0 Å². The maximum absolute atomic E-state index is 5.42. The summed E-state index contributed by atoms with van der Waals surface area (Å²) in [5.74, 6) is 1.56. The third-order valence-corrected chi connectivity index (χ3v) is 3.53. The third-order valence-electron chi connectivity index (χ3n) is 2.97. The largest absolute Gasteiger partial charge is 0.496 e. The van der Waals surface area contributed by atoms with Crippen LogP contribution in [0.25, 0.3) is 22.2 Å². The molecule has 0 aliphatic heterocycles. The van der Waals surface area contributed by atoms with Crippen LogP contribution in [-0.4, -0.2) is 23.0 Å². The van der Waals surface area contributed by atoms with Gasteiger partial charge in [-0.1, -0.05) is 12.1 Å². The van der Waals surface area contributed by atoms with Gasteiger partial charge in [0.2, 0.25) is 0 Å². The topological polar surface area (TPSA) is 44.2 Å². The van der Waals surface area contributed by atoms with Gasteiger partial charge in [0.15, 0.2) is 0 Å². The number of aromatic nitrogens is 2. The minimum absolute atomic E-state index is 0.780. The summed E-state index contributed by atoms with van der Waals surface area (Å²) in [5, 5.41) is 0. The second-order valence-electron chi connectivity index (χ2n) is 4.01. The van der Waals surface area contributed by atoms with Crippen molar-refractivity contribution in [1.82, 2.24) is 8.75 Å². The van der Waals surface area contributed by atoms with Gasteiger partial charge in [-0.05, 0) is 29.8 Å². The number of ether oxygens (including phenoxy) is 2. The van der Waals surface area contributed by atoms with Crippen LogP contribution in [0, 0.1) is 0 Å². The van der Waals surface area contributed by atoms with Crippen molar-refractivity contribution in [2.24, 2.45) is 0 Å². The van der Waals surface area contributed by atoms with Crippen molar-refractivity contribution in [2.45, 2.75) is 0 Å². The fraction of sp³-hybridized carbons (Fsp3) is 0.143. The van der Waals surface area contributed by atoms with E-state index in [1.54, 1.807) is 14.2 Å². The zero-order chi connectivity index (χ0) is 13.2. The van der Waals surface area contributed by atoms with Crippen LogP contribution < -0.4 is 9.47 Å². The molecule has 1 aromatic heterocycles. The van der Waals surface area contributed by atoms with E-state index in [0.717, 1.165) is 33.7 Å². The molecule has 2 aromatic carbocycles. The Labute approximate surface area is 114 Å². The molecule has 0 aliphatic carbocycles. The summed E-state index contributed by atoms with van der Waals surface area (Å²) in [7, 11) is 3.31. The molecule has 0 N–H and O–H groups in total. The van der Waals surface area contributed by atoms with Crippen LogP contribution >= 0.6 is 11.7 Å². The van der Waals surface area contributed by atoms with Crippen molar-refractivity contribution in [3.05, 3.63) is 36.4 Å². The second-order valence-corrected chi connectivity index (χ2v) is 4.53. The molecule has 0 spiro atoms. The molecule has 0 aliphatic rings. The zero-order valence-electron chi connectivity index (χ0n) is 10.6. The molecule has 1 heterocycles. The number of fused-ring (bicyclic) bond motifs is 1. The highest BCUT2D eigenvalue weighted by molar-refractivity contribution is 7.00. The van der Waals surface area contributed by atoms with E-state index in [1.807, 2.05) is 36.4 Å². The van der Waals surface area contributed by atoms with Crippen LogP contribution in [0.2, 0.25) is 0 Å². The van der Waals surface area contributed by atoms with Crippen LogP contribution in [0.1, 0.15) is 0 Å². The molecule has 0 fully saturated rings. The highest BCUT2D eigenvalue weighted by Gasteiger charge is 2.13. The first kappa shape index (κ1) is 11.9. The standard InChI is InChI=1S/C14H12N2O2S/c1-17-12-4-3-5-13(18-2)14(12)9-6-7-10-11(8-9)16-19-15-10/h3-8H,1-2H3. The Bertz CT molecular complexity index is 702. The van der Waals surface area contributed by atoms with Gasteiger partial charge in [-0.3, -0.25) is 0 Å². The van der Waals surface area contributed by atoms with E-state index in [-0.39, 0.29) is 0 Å². The summed E-state index contributed by atoms with van der Waals surface area (Å²) < 4.78 is 19.3. The molecule has 0 amide bonds. The van der Waals surface area contributed by atoms with E-state index in [0.29, 0.717) is 0 Å². The molecule has 96 valence electrons. The highest BCUT2D eigenvalue weighted by atomic mass is 32.1. The van der Waals surface area contributed by atoms with Gasteiger partial charge in [0.1, 0.15) is 22.5 Å². The first-order valence-electron chi connectivity index (χ1n) is 5.77. The lowest BCUT2D eigenvalue weighted by Gasteiger charge is -2.12. The summed E-state index contributed by atoms with van der Waals surface area (Å²) in [6.07, 6.45) is 0. The Morgan fingerprint density at radius 2 is 1.58 bits per heavy atom. The average molecular weight is 272 g/mol. The second kappa shape index (κ2) is 4.85. The van der Waals surface area contributed by atoms with Gasteiger partial charge in [0.05, 0.1) is 31.5 Å². The van der Waals surface area contributed by atoms with E-state index >= 15 is 0 Å². The molecule has 0 radical (unpaired) electrons. The SMILES string of the molecule is COc1cccc(OC)c1-c1ccc2nsnc2c1. The maximum atomic E-state index is 5.42. The zero-order valence-corrected chi connectivity index (χ0v) is 11.4. The molecule has 19 heavy (non-hydrogen) atoms. The molecule has 5 heteroatoms. The summed E-state index contributed by atoms with van der Waals surface area (Å²) in [4.78, 5) is 0. The molecule has 0 unspecified atom stereocenters. The first-order chi connectivity index (χ1) is 9.33. The Morgan fingerprint density at radius 3 is 2.26 bits per heavy atom. The van der Waals surface area contributed by atoms with E-state index in [9.17, 15) is 0 Å². The number of methoxy groups -OCH3 is 2. The van der Waals surface area contributed by atoms with Gasteiger partial charge in [0, 0.05) is 0 Å². The lowest BCUT2D eigenvalue weighted by atomic mass is 10.0. The molecular weight excluding hydrogens is 260 g/mol. The summed E-state index contributed by atoms with van der Waals surface area (Å²) in [6, 6.07) is 11.7. The fourth-order valence-electron chi connectivity index (χ4n) is 2.07. The number of hydrogen-bond donors (Lipinski definition) is 0. The Morgan fingerprint density at radius 1 is 0.895 bits per heavy atom. The predicted molar refractivity (Wildman–Crippen MR) is 76.0 cm³/mol. The smallest absolute Gasteiger partial charge is 0.130 e. The number of hydrogen-bond acceptors (Lipinski definition) is 5. The van der Waals surface area contributed by atoms with Gasteiger partial charge in [0.25, 0.3) is 0 Å². The van der Waals surface area contributed by atoms with Crippen LogP contribution in [0.3, 0.4) is 0 Å². The van der Waals surface area contributed by atoms with Crippen molar-refractivity contribution in [3.8, 4) is 22.6 Å². The number of rotatable bonds is 3. The van der Waals surface area contributed by atoms with E-state index in [1.165, 1.54) is 11.7 Å².